The topological polar surface area (TPSA) is 119 Å². The number of nitrogens with two attached hydrogens (primary N) is 1. The van der Waals surface area contributed by atoms with Gasteiger partial charge in [-0.1, -0.05) is 42.5 Å². The third kappa shape index (κ3) is 3.88. The van der Waals surface area contributed by atoms with Crippen LogP contribution in [-0.4, -0.2) is 16.8 Å². The Bertz CT molecular complexity index is 1400. The van der Waals surface area contributed by atoms with Gasteiger partial charge in [-0.2, -0.15) is 0 Å². The van der Waals surface area contributed by atoms with Crippen molar-refractivity contribution < 1.29 is 22.7 Å². The van der Waals surface area contributed by atoms with Gasteiger partial charge in [-0.25, -0.2) is 22.0 Å². The number of benzene rings is 3. The second-order valence-corrected chi connectivity index (χ2v) is 9.54. The molecule has 29 heavy (non-hydrogen) atoms. The molecule has 0 radical (unpaired) electrons. The van der Waals surface area contributed by atoms with Crippen LogP contribution in [0.15, 0.2) is 93.1 Å². The van der Waals surface area contributed by atoms with Gasteiger partial charge in [0.15, 0.2) is 0 Å². The highest BCUT2D eigenvalue weighted by molar-refractivity contribution is 7.93. The van der Waals surface area contributed by atoms with Crippen LogP contribution in [0.4, 0.5) is 5.69 Å². The summed E-state index contributed by atoms with van der Waals surface area (Å²) in [5.41, 5.74) is 1.14. The summed E-state index contributed by atoms with van der Waals surface area (Å²) in [6.07, 6.45) is 0. The summed E-state index contributed by atoms with van der Waals surface area (Å²) in [4.78, 5) is -0.350. The molecule has 0 atom stereocenters. The van der Waals surface area contributed by atoms with Crippen LogP contribution < -0.4 is 9.86 Å². The molecule has 4 aromatic rings. The summed E-state index contributed by atoms with van der Waals surface area (Å²) in [5, 5.41) is 6.08. The summed E-state index contributed by atoms with van der Waals surface area (Å²) in [6.45, 7) is 0. The molecule has 0 saturated carbocycles. The Morgan fingerprint density at radius 3 is 2.31 bits per heavy atom. The van der Waals surface area contributed by atoms with Crippen LogP contribution >= 0.6 is 0 Å². The molecule has 4 rings (SSSR count). The first kappa shape index (κ1) is 19.2. The quantitative estimate of drug-likeness (QED) is 0.499. The molecule has 3 aromatic carbocycles. The van der Waals surface area contributed by atoms with Crippen LogP contribution in [0.5, 0.6) is 0 Å². The van der Waals surface area contributed by atoms with E-state index in [-0.39, 0.29) is 16.9 Å². The molecule has 150 valence electrons. The molecule has 9 heteroatoms. The van der Waals surface area contributed by atoms with Crippen LogP contribution in [0.2, 0.25) is 0 Å². The van der Waals surface area contributed by atoms with Crippen molar-refractivity contribution in [3.05, 3.63) is 78.9 Å². The van der Waals surface area contributed by atoms with Gasteiger partial charge < -0.3 is 4.42 Å². The molecule has 0 bridgehead atoms. The fourth-order valence-corrected chi connectivity index (χ4v) is 4.83. The number of rotatable bonds is 5. The summed E-state index contributed by atoms with van der Waals surface area (Å²) in [7, 11) is -8.16. The van der Waals surface area contributed by atoms with E-state index in [1.165, 1.54) is 36.4 Å². The van der Waals surface area contributed by atoms with Crippen molar-refractivity contribution in [1.82, 2.24) is 0 Å². The maximum atomic E-state index is 12.9. The van der Waals surface area contributed by atoms with Gasteiger partial charge in [0.2, 0.25) is 10.0 Å². The lowest BCUT2D eigenvalue weighted by atomic mass is 10.1. The van der Waals surface area contributed by atoms with Crippen molar-refractivity contribution in [2.75, 3.05) is 4.72 Å². The zero-order valence-electron chi connectivity index (χ0n) is 14.9. The van der Waals surface area contributed by atoms with Crippen LogP contribution in [-0.2, 0) is 20.0 Å². The van der Waals surface area contributed by atoms with Crippen molar-refractivity contribution in [2.45, 2.75) is 9.79 Å². The number of nitrogens with one attached hydrogen (secondary N) is 1. The Kier molecular flexibility index (Phi) is 4.65. The molecule has 0 aliphatic rings. The predicted octanol–water partition coefficient (Wildman–Crippen LogP) is 3.79. The van der Waals surface area contributed by atoms with Gasteiger partial charge in [-0.05, 0) is 36.4 Å². The lowest BCUT2D eigenvalue weighted by Crippen LogP contribution is -2.18. The highest BCUT2D eigenvalue weighted by atomic mass is 32.2. The molecular formula is C20H18N2O5S2. The van der Waals surface area contributed by atoms with E-state index in [1.54, 1.807) is 12.1 Å². The first-order valence-electron chi connectivity index (χ1n) is 8.48. The maximum absolute atomic E-state index is 12.9. The molecular weight excluding hydrogens is 412 g/mol. The minimum Gasteiger partial charge on any atom is -0.456 e. The van der Waals surface area contributed by atoms with E-state index in [0.717, 1.165) is 5.39 Å². The van der Waals surface area contributed by atoms with Crippen LogP contribution in [0.1, 0.15) is 1.43 Å². The van der Waals surface area contributed by atoms with Crippen LogP contribution in [0, 0.1) is 0 Å². The largest absolute Gasteiger partial charge is 0.456 e. The number of hydrogen-bond donors (Lipinski definition) is 2. The smallest absolute Gasteiger partial charge is 0.261 e. The number of sulfonamides is 2. The Labute approximate surface area is 169 Å². The maximum Gasteiger partial charge on any atom is 0.261 e. The second kappa shape index (κ2) is 7.03. The summed E-state index contributed by atoms with van der Waals surface area (Å²) >= 11 is 0. The molecule has 0 fully saturated rings. The molecule has 0 aliphatic heterocycles. The molecule has 1 heterocycles. The Morgan fingerprint density at radius 1 is 0.828 bits per heavy atom. The minimum atomic E-state index is -4.10. The zero-order chi connectivity index (χ0) is 20.6. The Hall–Kier alpha value is -3.14. The number of hydrogen-bond acceptors (Lipinski definition) is 5. The van der Waals surface area contributed by atoms with Crippen molar-refractivity contribution in [3.8, 4) is 11.3 Å². The van der Waals surface area contributed by atoms with E-state index in [4.69, 9.17) is 9.56 Å². The van der Waals surface area contributed by atoms with Gasteiger partial charge in [0, 0.05) is 12.4 Å². The first-order valence-corrected chi connectivity index (χ1v) is 11.5. The van der Waals surface area contributed by atoms with Crippen LogP contribution in [0.25, 0.3) is 22.3 Å². The molecule has 0 aliphatic carbocycles. The molecule has 3 N–H and O–H groups in total. The Morgan fingerprint density at radius 2 is 1.55 bits per heavy atom. The van der Waals surface area contributed by atoms with Crippen LogP contribution in [0.3, 0.4) is 0 Å². The molecule has 7 nitrogen and oxygen atoms in total. The predicted molar refractivity (Wildman–Crippen MR) is 112 cm³/mol. The summed E-state index contributed by atoms with van der Waals surface area (Å²) in [6, 6.07) is 21.0. The molecule has 0 saturated heterocycles. The number of anilines is 1. The fourth-order valence-electron chi connectivity index (χ4n) is 2.94. The zero-order valence-corrected chi connectivity index (χ0v) is 16.6. The SMILES string of the molecule is NS(=O)(=O)c1ccccc1NS(=O)(=O)c1cccc(-c2cc3ccccc3o2)c1.[HH]. The lowest BCUT2D eigenvalue weighted by molar-refractivity contribution is 0.598. The van der Waals surface area contributed by atoms with Crippen molar-refractivity contribution in [1.29, 1.82) is 0 Å². The van der Waals surface area contributed by atoms with Gasteiger partial charge in [-0.3, -0.25) is 4.72 Å². The standard InChI is InChI=1S/C20H16N2O5S2.H2/c21-28(23,24)20-11-4-2-9-17(20)22-29(25,26)16-8-5-7-14(12-16)19-13-15-6-1-3-10-18(15)27-19;/h1-13,22H,(H2,21,23,24);1H. The average Bonchev–Trinajstić information content (AvgIpc) is 3.12. The van der Waals surface area contributed by atoms with Crippen molar-refractivity contribution in [3.63, 3.8) is 0 Å². The van der Waals surface area contributed by atoms with Gasteiger partial charge >= 0.3 is 0 Å². The molecule has 0 unspecified atom stereocenters. The van der Waals surface area contributed by atoms with Crippen molar-refractivity contribution in [2.24, 2.45) is 5.14 Å². The normalized spacial score (nSPS) is 12.2. The van der Waals surface area contributed by atoms with Gasteiger partial charge in [-0.15, -0.1) is 0 Å². The average molecular weight is 431 g/mol. The first-order chi connectivity index (χ1) is 13.7. The molecule has 0 amide bonds. The Balaban J connectivity index is 0.00000256. The van der Waals surface area contributed by atoms with E-state index < -0.39 is 20.0 Å². The third-order valence-electron chi connectivity index (χ3n) is 4.29. The van der Waals surface area contributed by atoms with E-state index >= 15 is 0 Å². The molecule has 1 aromatic heterocycles. The van der Waals surface area contributed by atoms with E-state index in [1.807, 2.05) is 30.3 Å². The third-order valence-corrected chi connectivity index (χ3v) is 6.62. The summed E-state index contributed by atoms with van der Waals surface area (Å²) in [5.74, 6) is 0.521. The van der Waals surface area contributed by atoms with Gasteiger partial charge in [0.25, 0.3) is 10.0 Å². The van der Waals surface area contributed by atoms with Crippen molar-refractivity contribution >= 4 is 36.7 Å². The van der Waals surface area contributed by atoms with E-state index in [2.05, 4.69) is 4.72 Å². The lowest BCUT2D eigenvalue weighted by Gasteiger charge is -2.12. The monoisotopic (exact) mass is 430 g/mol. The minimum absolute atomic E-state index is 0. The fraction of sp³-hybridized carbons (Fsp3) is 0. The van der Waals surface area contributed by atoms with E-state index in [0.29, 0.717) is 16.9 Å². The number of fused-ring (bicyclic) bond motifs is 1. The second-order valence-electron chi connectivity index (χ2n) is 6.32. The highest BCUT2D eigenvalue weighted by Gasteiger charge is 2.20. The number of para-hydroxylation sites is 2. The number of furan rings is 1. The molecule has 0 spiro atoms. The van der Waals surface area contributed by atoms with Gasteiger partial charge in [0.1, 0.15) is 16.2 Å². The van der Waals surface area contributed by atoms with E-state index in [9.17, 15) is 16.8 Å². The van der Waals surface area contributed by atoms with Gasteiger partial charge in [0.05, 0.1) is 10.6 Å². The highest BCUT2D eigenvalue weighted by Crippen LogP contribution is 2.30. The summed E-state index contributed by atoms with van der Waals surface area (Å²) < 4.78 is 57.3. The number of primary sulfonamides is 1.